The average molecular weight is 282 g/mol. The zero-order valence-electron chi connectivity index (χ0n) is 8.78. The molecule has 1 fully saturated rings. The fraction of sp³-hybridized carbons (Fsp3) is 0.417. The second-order valence-electron chi connectivity index (χ2n) is 3.89. The fourth-order valence-corrected chi connectivity index (χ4v) is 1.90. The van der Waals surface area contributed by atoms with Gasteiger partial charge in [0.05, 0.1) is 17.6 Å². The van der Waals surface area contributed by atoms with Crippen molar-refractivity contribution in [3.8, 4) is 5.75 Å². The predicted octanol–water partition coefficient (Wildman–Crippen LogP) is 3.07. The maximum Gasteiger partial charge on any atom is 0.235 e. The summed E-state index contributed by atoms with van der Waals surface area (Å²) >= 11 is 3.47. The molecule has 0 saturated heterocycles. The van der Waals surface area contributed by atoms with Crippen molar-refractivity contribution < 1.29 is 9.53 Å². The molecule has 3 nitrogen and oxygen atoms in total. The van der Waals surface area contributed by atoms with E-state index in [-0.39, 0.29) is 0 Å². The minimum atomic E-state index is 0.338. The zero-order valence-corrected chi connectivity index (χ0v) is 10.4. The topological polar surface area (TPSA) is 38.7 Å². The molecule has 2 rings (SSSR count). The Hall–Kier alpha value is -1.12. The lowest BCUT2D eigenvalue weighted by Gasteiger charge is -2.09. The van der Waals surface area contributed by atoms with E-state index in [9.17, 15) is 4.79 Å². The minimum absolute atomic E-state index is 0.338. The van der Waals surface area contributed by atoms with Crippen LogP contribution in [0.25, 0.3) is 0 Å². The molecule has 0 spiro atoms. The van der Waals surface area contributed by atoms with Crippen LogP contribution in [0, 0.1) is 5.92 Å². The number of carbonyl (C=O) groups excluding carboxylic acids is 1. The van der Waals surface area contributed by atoms with Crippen LogP contribution in [0.2, 0.25) is 0 Å². The van der Waals surface area contributed by atoms with Gasteiger partial charge in [-0.1, -0.05) is 12.1 Å². The zero-order chi connectivity index (χ0) is 11.4. The van der Waals surface area contributed by atoms with Gasteiger partial charge in [0.1, 0.15) is 5.75 Å². The highest BCUT2D eigenvalue weighted by Crippen LogP contribution is 2.33. The Balaban J connectivity index is 2.07. The van der Waals surface area contributed by atoms with Gasteiger partial charge in [0.25, 0.3) is 0 Å². The third-order valence-electron chi connectivity index (χ3n) is 2.53. The quantitative estimate of drug-likeness (QED) is 0.615. The van der Waals surface area contributed by atoms with Crippen LogP contribution in [0.4, 0.5) is 0 Å². The van der Waals surface area contributed by atoms with Crippen LogP contribution in [0.15, 0.2) is 27.7 Å². The van der Waals surface area contributed by atoms with Gasteiger partial charge in [-0.05, 0) is 46.3 Å². The molecule has 4 heteroatoms. The van der Waals surface area contributed by atoms with E-state index in [2.05, 4.69) is 20.9 Å². The van der Waals surface area contributed by atoms with Crippen LogP contribution >= 0.6 is 15.9 Å². The number of aliphatic imine (C=N–C) groups is 1. The first-order chi connectivity index (χ1) is 7.81. The highest BCUT2D eigenvalue weighted by Gasteiger charge is 2.22. The van der Waals surface area contributed by atoms with Crippen LogP contribution in [0.5, 0.6) is 5.75 Å². The molecule has 0 aromatic heterocycles. The molecule has 1 aliphatic carbocycles. The molecule has 0 radical (unpaired) electrons. The third kappa shape index (κ3) is 2.94. The largest absolute Gasteiger partial charge is 0.492 e. The summed E-state index contributed by atoms with van der Waals surface area (Å²) in [6.07, 6.45) is 4.08. The summed E-state index contributed by atoms with van der Waals surface area (Å²) in [4.78, 5) is 13.6. The number of isocyanates is 1. The van der Waals surface area contributed by atoms with Gasteiger partial charge in [-0.3, -0.25) is 0 Å². The molecule has 0 N–H and O–H groups in total. The van der Waals surface area contributed by atoms with Crippen molar-refractivity contribution >= 4 is 22.0 Å². The Morgan fingerprint density at radius 3 is 3.00 bits per heavy atom. The van der Waals surface area contributed by atoms with Gasteiger partial charge >= 0.3 is 0 Å². The van der Waals surface area contributed by atoms with Gasteiger partial charge in [0.2, 0.25) is 6.08 Å². The van der Waals surface area contributed by atoms with E-state index < -0.39 is 0 Å². The fourth-order valence-electron chi connectivity index (χ4n) is 1.40. The van der Waals surface area contributed by atoms with Crippen molar-refractivity contribution in [3.05, 3.63) is 28.2 Å². The first-order valence-electron chi connectivity index (χ1n) is 5.25. The molecule has 16 heavy (non-hydrogen) atoms. The van der Waals surface area contributed by atoms with Crippen LogP contribution < -0.4 is 4.74 Å². The number of rotatable bonds is 5. The Morgan fingerprint density at radius 1 is 1.50 bits per heavy atom. The van der Waals surface area contributed by atoms with Gasteiger partial charge in [0, 0.05) is 0 Å². The molecule has 0 heterocycles. The number of hydrogen-bond acceptors (Lipinski definition) is 3. The summed E-state index contributed by atoms with van der Waals surface area (Å²) in [5.74, 6) is 1.55. The van der Waals surface area contributed by atoms with Crippen LogP contribution in [0.1, 0.15) is 18.4 Å². The molecule has 84 valence electrons. The van der Waals surface area contributed by atoms with E-state index in [0.29, 0.717) is 6.54 Å². The van der Waals surface area contributed by atoms with Crippen molar-refractivity contribution in [1.82, 2.24) is 0 Å². The van der Waals surface area contributed by atoms with Gasteiger partial charge in [-0.25, -0.2) is 9.79 Å². The lowest BCUT2D eigenvalue weighted by atomic mass is 10.2. The molecule has 0 amide bonds. The van der Waals surface area contributed by atoms with E-state index in [4.69, 9.17) is 4.74 Å². The third-order valence-corrected chi connectivity index (χ3v) is 3.43. The van der Waals surface area contributed by atoms with Crippen molar-refractivity contribution in [2.45, 2.75) is 19.4 Å². The summed E-state index contributed by atoms with van der Waals surface area (Å²) < 4.78 is 6.58. The highest BCUT2D eigenvalue weighted by atomic mass is 79.9. The smallest absolute Gasteiger partial charge is 0.235 e. The lowest BCUT2D eigenvalue weighted by Crippen LogP contribution is -2.00. The predicted molar refractivity (Wildman–Crippen MR) is 64.2 cm³/mol. The van der Waals surface area contributed by atoms with Gasteiger partial charge in [-0.2, -0.15) is 0 Å². The minimum Gasteiger partial charge on any atom is -0.492 e. The van der Waals surface area contributed by atoms with Crippen molar-refractivity contribution in [3.63, 3.8) is 0 Å². The summed E-state index contributed by atoms with van der Waals surface area (Å²) in [5.41, 5.74) is 0.941. The van der Waals surface area contributed by atoms with E-state index in [1.54, 1.807) is 0 Å². The molecule has 0 bridgehead atoms. The summed E-state index contributed by atoms with van der Waals surface area (Å²) in [7, 11) is 0. The van der Waals surface area contributed by atoms with Gasteiger partial charge < -0.3 is 4.74 Å². The second-order valence-corrected chi connectivity index (χ2v) is 4.68. The van der Waals surface area contributed by atoms with Crippen LogP contribution in [0.3, 0.4) is 0 Å². The van der Waals surface area contributed by atoms with Crippen molar-refractivity contribution in [2.75, 3.05) is 6.61 Å². The SMILES string of the molecule is O=C=NCc1cccc(OCC2CC2)c1Br. The molecule has 1 saturated carbocycles. The Morgan fingerprint density at radius 2 is 2.31 bits per heavy atom. The molecule has 0 atom stereocenters. The normalized spacial score (nSPS) is 14.3. The van der Waals surface area contributed by atoms with Crippen LogP contribution in [-0.4, -0.2) is 12.7 Å². The molecular weight excluding hydrogens is 270 g/mol. The second kappa shape index (κ2) is 5.28. The molecule has 1 aliphatic rings. The van der Waals surface area contributed by atoms with Crippen molar-refractivity contribution in [1.29, 1.82) is 0 Å². The maximum absolute atomic E-state index is 10.1. The number of ether oxygens (including phenoxy) is 1. The molecule has 0 aliphatic heterocycles. The molecule has 0 unspecified atom stereocenters. The Labute approximate surface area is 103 Å². The number of hydrogen-bond donors (Lipinski definition) is 0. The van der Waals surface area contributed by atoms with Crippen molar-refractivity contribution in [2.24, 2.45) is 10.9 Å². The van der Waals surface area contributed by atoms with Gasteiger partial charge in [-0.15, -0.1) is 0 Å². The van der Waals surface area contributed by atoms with E-state index >= 15 is 0 Å². The highest BCUT2D eigenvalue weighted by molar-refractivity contribution is 9.10. The molecule has 1 aromatic carbocycles. The van der Waals surface area contributed by atoms with Crippen LogP contribution in [-0.2, 0) is 11.3 Å². The van der Waals surface area contributed by atoms with Gasteiger partial charge in [0.15, 0.2) is 0 Å². The molecular formula is C12H12BrNO2. The number of benzene rings is 1. The monoisotopic (exact) mass is 281 g/mol. The average Bonchev–Trinajstić information content (AvgIpc) is 3.10. The standard InChI is InChI=1S/C12H12BrNO2/c13-12-10(6-14-8-15)2-1-3-11(12)16-7-9-4-5-9/h1-3,9H,4-7H2. The first kappa shape index (κ1) is 11.4. The molecule has 1 aromatic rings. The lowest BCUT2D eigenvalue weighted by molar-refractivity contribution is 0.297. The Kier molecular flexibility index (Phi) is 3.75. The summed E-state index contributed by atoms with van der Waals surface area (Å²) in [6, 6.07) is 5.73. The summed E-state index contributed by atoms with van der Waals surface area (Å²) in [6.45, 7) is 1.11. The van der Waals surface area contributed by atoms with E-state index in [0.717, 1.165) is 28.3 Å². The Bertz CT molecular complexity index is 423. The maximum atomic E-state index is 10.1. The number of nitrogens with zero attached hydrogens (tertiary/aromatic N) is 1. The first-order valence-corrected chi connectivity index (χ1v) is 6.04. The van der Waals surface area contributed by atoms with E-state index in [1.807, 2.05) is 18.2 Å². The van der Waals surface area contributed by atoms with E-state index in [1.165, 1.54) is 18.9 Å². The summed E-state index contributed by atoms with van der Waals surface area (Å²) in [5, 5.41) is 0. The number of halogens is 1.